The molecule has 0 amide bonds. The van der Waals surface area contributed by atoms with Crippen LogP contribution in [0.5, 0.6) is 0 Å². The zero-order valence-electron chi connectivity index (χ0n) is 10.3. The average Bonchev–Trinajstić information content (AvgIpc) is 2.46. The Morgan fingerprint density at radius 1 is 1.22 bits per heavy atom. The van der Waals surface area contributed by atoms with E-state index in [1.807, 2.05) is 30.5 Å². The minimum atomic E-state index is 0.636. The van der Waals surface area contributed by atoms with Crippen molar-refractivity contribution < 1.29 is 0 Å². The van der Waals surface area contributed by atoms with Crippen molar-refractivity contribution in [3.8, 4) is 0 Å². The molecule has 3 nitrogen and oxygen atoms in total. The lowest BCUT2D eigenvalue weighted by Gasteiger charge is -2.22. The van der Waals surface area contributed by atoms with Crippen molar-refractivity contribution in [3.05, 3.63) is 30.5 Å². The quantitative estimate of drug-likeness (QED) is 0.860. The largest absolute Gasteiger partial charge is 0.313 e. The first kappa shape index (κ1) is 11.9. The summed E-state index contributed by atoms with van der Waals surface area (Å²) in [7, 11) is 0. The second kappa shape index (κ2) is 5.67. The van der Waals surface area contributed by atoms with E-state index in [2.05, 4.69) is 15.3 Å². The molecule has 1 aliphatic rings. The van der Waals surface area contributed by atoms with Crippen molar-refractivity contribution in [2.75, 3.05) is 12.3 Å². The Balaban J connectivity index is 1.66. The third-order valence-electron chi connectivity index (χ3n) is 3.27. The molecule has 1 aliphatic heterocycles. The van der Waals surface area contributed by atoms with Gasteiger partial charge in [0.15, 0.2) is 0 Å². The van der Waals surface area contributed by atoms with E-state index in [1.165, 1.54) is 19.3 Å². The summed E-state index contributed by atoms with van der Waals surface area (Å²) in [5, 5.41) is 4.59. The molecule has 1 atom stereocenters. The van der Waals surface area contributed by atoms with E-state index in [0.29, 0.717) is 6.04 Å². The van der Waals surface area contributed by atoms with Gasteiger partial charge in [0.25, 0.3) is 0 Å². The standard InChI is InChI=1S/C14H17N3S/c1-2-7-13-12(6-1)16-9-14(17-13)18-10-11-5-3-4-8-15-11/h1-2,6-7,9,11,15H,3-5,8,10H2. The van der Waals surface area contributed by atoms with Gasteiger partial charge in [0, 0.05) is 11.8 Å². The van der Waals surface area contributed by atoms with Crippen LogP contribution in [0, 0.1) is 0 Å². The molecular weight excluding hydrogens is 242 g/mol. The number of rotatable bonds is 3. The molecule has 1 aromatic heterocycles. The minimum Gasteiger partial charge on any atom is -0.313 e. The van der Waals surface area contributed by atoms with Gasteiger partial charge in [0.05, 0.1) is 17.2 Å². The topological polar surface area (TPSA) is 37.8 Å². The SMILES string of the molecule is c1ccc2nc(SCC3CCCCN3)cnc2c1. The van der Waals surface area contributed by atoms with E-state index in [4.69, 9.17) is 0 Å². The van der Waals surface area contributed by atoms with Crippen LogP contribution in [0.15, 0.2) is 35.5 Å². The number of thioether (sulfide) groups is 1. The van der Waals surface area contributed by atoms with Gasteiger partial charge in [0.1, 0.15) is 5.03 Å². The summed E-state index contributed by atoms with van der Waals surface area (Å²) in [4.78, 5) is 9.07. The molecule has 0 saturated carbocycles. The van der Waals surface area contributed by atoms with E-state index in [9.17, 15) is 0 Å². The monoisotopic (exact) mass is 259 g/mol. The van der Waals surface area contributed by atoms with Gasteiger partial charge in [-0.15, -0.1) is 11.8 Å². The van der Waals surface area contributed by atoms with Gasteiger partial charge >= 0.3 is 0 Å². The van der Waals surface area contributed by atoms with Crippen molar-refractivity contribution >= 4 is 22.8 Å². The molecule has 1 unspecified atom stereocenters. The van der Waals surface area contributed by atoms with Crippen LogP contribution in [0.4, 0.5) is 0 Å². The van der Waals surface area contributed by atoms with Crippen LogP contribution in [0.25, 0.3) is 11.0 Å². The maximum atomic E-state index is 4.63. The summed E-state index contributed by atoms with van der Waals surface area (Å²) >= 11 is 1.81. The first-order valence-electron chi connectivity index (χ1n) is 6.50. The van der Waals surface area contributed by atoms with Crippen LogP contribution >= 0.6 is 11.8 Å². The van der Waals surface area contributed by atoms with Gasteiger partial charge in [0.2, 0.25) is 0 Å². The fraction of sp³-hybridized carbons (Fsp3) is 0.429. The van der Waals surface area contributed by atoms with Crippen LogP contribution < -0.4 is 5.32 Å². The molecule has 4 heteroatoms. The third kappa shape index (κ3) is 2.82. The summed E-state index contributed by atoms with van der Waals surface area (Å²) in [6.07, 6.45) is 5.84. The lowest BCUT2D eigenvalue weighted by Crippen LogP contribution is -2.35. The molecule has 0 aliphatic carbocycles. The number of para-hydroxylation sites is 2. The molecule has 1 fully saturated rings. The van der Waals surface area contributed by atoms with E-state index in [1.54, 1.807) is 11.8 Å². The Hall–Kier alpha value is -1.13. The first-order valence-corrected chi connectivity index (χ1v) is 7.48. The Labute approximate surface area is 111 Å². The van der Waals surface area contributed by atoms with E-state index in [-0.39, 0.29) is 0 Å². The molecule has 1 N–H and O–H groups in total. The molecule has 2 aromatic rings. The number of aromatic nitrogens is 2. The maximum absolute atomic E-state index is 4.63. The Bertz CT molecular complexity index is 523. The van der Waals surface area contributed by atoms with Crippen molar-refractivity contribution in [3.63, 3.8) is 0 Å². The summed E-state index contributed by atoms with van der Waals surface area (Å²) in [5.74, 6) is 1.09. The van der Waals surface area contributed by atoms with Crippen LogP contribution in [0.3, 0.4) is 0 Å². The van der Waals surface area contributed by atoms with Crippen LogP contribution in [0.2, 0.25) is 0 Å². The second-order valence-corrected chi connectivity index (χ2v) is 5.70. The predicted molar refractivity (Wildman–Crippen MR) is 75.9 cm³/mol. The zero-order chi connectivity index (χ0) is 12.2. The normalized spacial score (nSPS) is 20.1. The molecule has 94 valence electrons. The van der Waals surface area contributed by atoms with E-state index < -0.39 is 0 Å². The third-order valence-corrected chi connectivity index (χ3v) is 4.33. The Morgan fingerprint density at radius 2 is 2.11 bits per heavy atom. The second-order valence-electron chi connectivity index (χ2n) is 4.65. The average molecular weight is 259 g/mol. The fourth-order valence-electron chi connectivity index (χ4n) is 2.26. The van der Waals surface area contributed by atoms with Gasteiger partial charge in [-0.2, -0.15) is 0 Å². The Morgan fingerprint density at radius 3 is 2.94 bits per heavy atom. The lowest BCUT2D eigenvalue weighted by atomic mass is 10.1. The van der Waals surface area contributed by atoms with Crippen molar-refractivity contribution in [1.29, 1.82) is 0 Å². The van der Waals surface area contributed by atoms with Crippen molar-refractivity contribution in [2.24, 2.45) is 0 Å². The number of nitrogens with one attached hydrogen (secondary N) is 1. The van der Waals surface area contributed by atoms with E-state index >= 15 is 0 Å². The molecule has 1 saturated heterocycles. The molecule has 2 heterocycles. The summed E-state index contributed by atoms with van der Waals surface area (Å²) < 4.78 is 0. The smallest absolute Gasteiger partial charge is 0.115 e. The molecular formula is C14H17N3S. The number of piperidine rings is 1. The van der Waals surface area contributed by atoms with Gasteiger partial charge in [-0.1, -0.05) is 18.6 Å². The highest BCUT2D eigenvalue weighted by atomic mass is 32.2. The zero-order valence-corrected chi connectivity index (χ0v) is 11.1. The molecule has 1 aromatic carbocycles. The molecule has 0 radical (unpaired) electrons. The van der Waals surface area contributed by atoms with Gasteiger partial charge in [-0.3, -0.25) is 4.98 Å². The minimum absolute atomic E-state index is 0.636. The van der Waals surface area contributed by atoms with E-state index in [0.717, 1.165) is 28.4 Å². The molecule has 18 heavy (non-hydrogen) atoms. The number of nitrogens with zero attached hydrogens (tertiary/aromatic N) is 2. The highest BCUT2D eigenvalue weighted by Crippen LogP contribution is 2.20. The number of hydrogen-bond donors (Lipinski definition) is 1. The fourth-order valence-corrected chi connectivity index (χ4v) is 3.21. The van der Waals surface area contributed by atoms with Gasteiger partial charge in [-0.05, 0) is 31.5 Å². The molecule has 0 bridgehead atoms. The predicted octanol–water partition coefficient (Wildman–Crippen LogP) is 2.86. The number of fused-ring (bicyclic) bond motifs is 1. The van der Waals surface area contributed by atoms with Crippen LogP contribution in [-0.4, -0.2) is 28.3 Å². The lowest BCUT2D eigenvalue weighted by molar-refractivity contribution is 0.430. The molecule has 0 spiro atoms. The van der Waals surface area contributed by atoms with Gasteiger partial charge < -0.3 is 5.32 Å². The highest BCUT2D eigenvalue weighted by molar-refractivity contribution is 7.99. The number of hydrogen-bond acceptors (Lipinski definition) is 4. The first-order chi connectivity index (χ1) is 8.92. The highest BCUT2D eigenvalue weighted by Gasteiger charge is 2.13. The summed E-state index contributed by atoms with van der Waals surface area (Å²) in [5.41, 5.74) is 1.96. The summed E-state index contributed by atoms with van der Waals surface area (Å²) in [6.45, 7) is 1.16. The van der Waals surface area contributed by atoms with Crippen molar-refractivity contribution in [2.45, 2.75) is 30.3 Å². The van der Waals surface area contributed by atoms with Gasteiger partial charge in [-0.25, -0.2) is 4.98 Å². The summed E-state index contributed by atoms with van der Waals surface area (Å²) in [6, 6.07) is 8.66. The Kier molecular flexibility index (Phi) is 3.76. The van der Waals surface area contributed by atoms with Crippen LogP contribution in [0.1, 0.15) is 19.3 Å². The maximum Gasteiger partial charge on any atom is 0.115 e. The van der Waals surface area contributed by atoms with Crippen molar-refractivity contribution in [1.82, 2.24) is 15.3 Å². The van der Waals surface area contributed by atoms with Crippen LogP contribution in [-0.2, 0) is 0 Å². The molecule has 3 rings (SSSR count). The number of benzene rings is 1.